The van der Waals surface area contributed by atoms with E-state index in [1.54, 1.807) is 0 Å². The van der Waals surface area contributed by atoms with E-state index < -0.39 is 0 Å². The van der Waals surface area contributed by atoms with Crippen molar-refractivity contribution >= 4 is 5.82 Å². The van der Waals surface area contributed by atoms with Crippen molar-refractivity contribution in [1.29, 1.82) is 0 Å². The fraction of sp³-hybridized carbons (Fsp3) is 0.812. The molecule has 0 atom stereocenters. The lowest BCUT2D eigenvalue weighted by Crippen LogP contribution is -2.42. The first-order valence-corrected chi connectivity index (χ1v) is 8.03. The minimum absolute atomic E-state index is 0.0939. The Kier molecular flexibility index (Phi) is 3.76. The summed E-state index contributed by atoms with van der Waals surface area (Å²) in [5.74, 6) is 1.13. The number of nitrogens with zero attached hydrogens (tertiary/aromatic N) is 3. The van der Waals surface area contributed by atoms with E-state index in [0.29, 0.717) is 5.41 Å². The number of aliphatic hydroxyl groups excluding tert-OH is 1. The van der Waals surface area contributed by atoms with Gasteiger partial charge in [-0.2, -0.15) is 5.10 Å². The Bertz CT molecular complexity index is 464. The summed E-state index contributed by atoms with van der Waals surface area (Å²) >= 11 is 0. The molecular formula is C16H27N3O. The molecule has 1 aromatic heterocycles. The largest absolute Gasteiger partial charge is 0.391 e. The van der Waals surface area contributed by atoms with Crippen LogP contribution in [0, 0.1) is 12.3 Å². The average molecular weight is 277 g/mol. The lowest BCUT2D eigenvalue weighted by molar-refractivity contribution is 0.143. The standard InChI is InChI=1S/C16H27N3O/c1-13-14(12-20)15(18(2)17-13)19-10-8-16(9-11-19)6-4-3-5-7-16/h20H,3-12H2,1-2H3. The molecule has 0 unspecified atom stereocenters. The molecule has 1 aliphatic carbocycles. The number of rotatable bonds is 2. The van der Waals surface area contributed by atoms with Gasteiger partial charge in [-0.25, -0.2) is 0 Å². The second-order valence-electron chi connectivity index (χ2n) is 6.72. The molecule has 0 bridgehead atoms. The second-order valence-corrected chi connectivity index (χ2v) is 6.72. The van der Waals surface area contributed by atoms with Gasteiger partial charge in [0.1, 0.15) is 5.82 Å². The van der Waals surface area contributed by atoms with Crippen molar-refractivity contribution in [3.63, 3.8) is 0 Å². The van der Waals surface area contributed by atoms with E-state index in [4.69, 9.17) is 0 Å². The highest BCUT2D eigenvalue weighted by molar-refractivity contribution is 5.50. The van der Waals surface area contributed by atoms with E-state index in [0.717, 1.165) is 30.2 Å². The third-order valence-electron chi connectivity index (χ3n) is 5.51. The molecule has 2 heterocycles. The Balaban J connectivity index is 1.75. The highest BCUT2D eigenvalue weighted by atomic mass is 16.3. The summed E-state index contributed by atoms with van der Waals surface area (Å²) in [6, 6.07) is 0. The van der Waals surface area contributed by atoms with Crippen LogP contribution in [-0.4, -0.2) is 28.0 Å². The highest BCUT2D eigenvalue weighted by Crippen LogP contribution is 2.45. The van der Waals surface area contributed by atoms with Gasteiger partial charge < -0.3 is 10.0 Å². The van der Waals surface area contributed by atoms with Crippen LogP contribution in [0.5, 0.6) is 0 Å². The Morgan fingerprint density at radius 1 is 1.10 bits per heavy atom. The number of hydrogen-bond acceptors (Lipinski definition) is 3. The molecule has 1 spiro atoms. The number of piperidine rings is 1. The van der Waals surface area contributed by atoms with E-state index in [2.05, 4.69) is 10.00 Å². The Morgan fingerprint density at radius 2 is 1.75 bits per heavy atom. The Labute approximate surface area is 121 Å². The van der Waals surface area contributed by atoms with Crippen LogP contribution in [0.1, 0.15) is 56.2 Å². The summed E-state index contributed by atoms with van der Waals surface area (Å²) < 4.78 is 1.94. The van der Waals surface area contributed by atoms with Gasteiger partial charge in [-0.15, -0.1) is 0 Å². The van der Waals surface area contributed by atoms with Crippen molar-refractivity contribution in [3.05, 3.63) is 11.3 Å². The lowest BCUT2D eigenvalue weighted by Gasteiger charge is -2.45. The molecule has 0 radical (unpaired) electrons. The maximum absolute atomic E-state index is 9.61. The lowest BCUT2D eigenvalue weighted by atomic mass is 9.68. The summed E-state index contributed by atoms with van der Waals surface area (Å²) in [6.45, 7) is 4.32. The molecule has 20 heavy (non-hydrogen) atoms. The first-order valence-electron chi connectivity index (χ1n) is 8.03. The maximum Gasteiger partial charge on any atom is 0.132 e. The molecule has 1 aromatic rings. The number of aromatic nitrogens is 2. The number of aliphatic hydroxyl groups is 1. The SMILES string of the molecule is Cc1nn(C)c(N2CCC3(CCCCC3)CC2)c1CO. The van der Waals surface area contributed by atoms with Crippen LogP contribution in [0.3, 0.4) is 0 Å². The molecule has 112 valence electrons. The van der Waals surface area contributed by atoms with Crippen LogP contribution in [0.15, 0.2) is 0 Å². The zero-order valence-electron chi connectivity index (χ0n) is 12.9. The van der Waals surface area contributed by atoms with Crippen LogP contribution in [0.25, 0.3) is 0 Å². The van der Waals surface area contributed by atoms with Crippen LogP contribution in [0.2, 0.25) is 0 Å². The summed E-state index contributed by atoms with van der Waals surface area (Å²) in [4.78, 5) is 2.44. The first kappa shape index (κ1) is 13.9. The van der Waals surface area contributed by atoms with Crippen molar-refractivity contribution in [2.45, 2.75) is 58.5 Å². The maximum atomic E-state index is 9.61. The first-order chi connectivity index (χ1) is 9.65. The van der Waals surface area contributed by atoms with Crippen molar-refractivity contribution in [1.82, 2.24) is 9.78 Å². The van der Waals surface area contributed by atoms with E-state index in [1.807, 2.05) is 18.7 Å². The molecule has 3 rings (SSSR count). The summed E-state index contributed by atoms with van der Waals surface area (Å²) in [7, 11) is 1.99. The van der Waals surface area contributed by atoms with Gasteiger partial charge in [0.2, 0.25) is 0 Å². The molecule has 4 heteroatoms. The predicted octanol–water partition coefficient (Wildman–Crippen LogP) is 2.77. The fourth-order valence-electron chi connectivity index (χ4n) is 4.27. The van der Waals surface area contributed by atoms with Crippen molar-refractivity contribution in [2.75, 3.05) is 18.0 Å². The average Bonchev–Trinajstić information content (AvgIpc) is 2.75. The Morgan fingerprint density at radius 3 is 2.35 bits per heavy atom. The van der Waals surface area contributed by atoms with Gasteiger partial charge in [0.25, 0.3) is 0 Å². The van der Waals surface area contributed by atoms with Crippen molar-refractivity contribution < 1.29 is 5.11 Å². The quantitative estimate of drug-likeness (QED) is 0.903. The zero-order chi connectivity index (χ0) is 14.2. The molecule has 1 N–H and O–H groups in total. The van der Waals surface area contributed by atoms with Gasteiger partial charge in [0, 0.05) is 25.7 Å². The monoisotopic (exact) mass is 277 g/mol. The van der Waals surface area contributed by atoms with E-state index >= 15 is 0 Å². The van der Waals surface area contributed by atoms with Crippen molar-refractivity contribution in [2.24, 2.45) is 12.5 Å². The summed E-state index contributed by atoms with van der Waals surface area (Å²) in [5.41, 5.74) is 2.59. The van der Waals surface area contributed by atoms with Crippen LogP contribution < -0.4 is 4.90 Å². The van der Waals surface area contributed by atoms with Crippen LogP contribution in [0.4, 0.5) is 5.82 Å². The third kappa shape index (κ3) is 2.34. The normalized spacial score (nSPS) is 22.4. The molecule has 1 saturated carbocycles. The van der Waals surface area contributed by atoms with Gasteiger partial charge in [-0.1, -0.05) is 19.3 Å². The summed E-state index contributed by atoms with van der Waals surface area (Å²) in [6.07, 6.45) is 9.75. The molecular weight excluding hydrogens is 250 g/mol. The highest BCUT2D eigenvalue weighted by Gasteiger charge is 2.36. The number of aryl methyl sites for hydroxylation is 2. The predicted molar refractivity (Wildman–Crippen MR) is 80.8 cm³/mol. The van der Waals surface area contributed by atoms with E-state index in [9.17, 15) is 5.11 Å². The minimum atomic E-state index is 0.0939. The minimum Gasteiger partial charge on any atom is -0.391 e. The second kappa shape index (κ2) is 5.40. The third-order valence-corrected chi connectivity index (χ3v) is 5.51. The summed E-state index contributed by atoms with van der Waals surface area (Å²) in [5, 5.41) is 14.1. The van der Waals surface area contributed by atoms with E-state index in [1.165, 1.54) is 44.9 Å². The van der Waals surface area contributed by atoms with Crippen LogP contribution >= 0.6 is 0 Å². The van der Waals surface area contributed by atoms with Gasteiger partial charge in [-0.3, -0.25) is 4.68 Å². The zero-order valence-corrected chi connectivity index (χ0v) is 12.9. The van der Waals surface area contributed by atoms with E-state index in [-0.39, 0.29) is 6.61 Å². The molecule has 1 aliphatic heterocycles. The van der Waals surface area contributed by atoms with Gasteiger partial charge >= 0.3 is 0 Å². The van der Waals surface area contributed by atoms with Crippen molar-refractivity contribution in [3.8, 4) is 0 Å². The van der Waals surface area contributed by atoms with Gasteiger partial charge in [-0.05, 0) is 38.0 Å². The van der Waals surface area contributed by atoms with Crippen LogP contribution in [-0.2, 0) is 13.7 Å². The fourth-order valence-corrected chi connectivity index (χ4v) is 4.27. The number of anilines is 1. The smallest absolute Gasteiger partial charge is 0.132 e. The molecule has 1 saturated heterocycles. The molecule has 4 nitrogen and oxygen atoms in total. The Hall–Kier alpha value is -1.03. The van der Waals surface area contributed by atoms with Gasteiger partial charge in [0.05, 0.1) is 12.3 Å². The molecule has 2 aliphatic rings. The number of hydrogen-bond donors (Lipinski definition) is 1. The molecule has 2 fully saturated rings. The molecule has 0 aromatic carbocycles. The van der Waals surface area contributed by atoms with Gasteiger partial charge in [0.15, 0.2) is 0 Å². The molecule has 0 amide bonds. The topological polar surface area (TPSA) is 41.3 Å².